The Bertz CT molecular complexity index is 163. The molecule has 0 aliphatic carbocycles. The van der Waals surface area contributed by atoms with E-state index in [2.05, 4.69) is 10.7 Å². The van der Waals surface area contributed by atoms with Gasteiger partial charge in [-0.25, -0.2) is 8.42 Å². The monoisotopic (exact) mass is 216 g/mol. The van der Waals surface area contributed by atoms with E-state index in [1.165, 1.54) is 0 Å². The molecule has 0 unspecified atom stereocenters. The van der Waals surface area contributed by atoms with Crippen molar-refractivity contribution in [1.29, 1.82) is 0 Å². The van der Waals surface area contributed by atoms with Gasteiger partial charge in [0.25, 0.3) is 9.05 Å². The lowest BCUT2D eigenvalue weighted by molar-refractivity contribution is 0.610. The van der Waals surface area contributed by atoms with Gasteiger partial charge >= 0.3 is 3.12 Å². The van der Waals surface area contributed by atoms with Crippen LogP contribution in [0.15, 0.2) is 0 Å². The van der Waals surface area contributed by atoms with Gasteiger partial charge in [-0.3, -0.25) is 0 Å². The molecule has 0 aliphatic heterocycles. The first-order valence-corrected chi connectivity index (χ1v) is 4.70. The summed E-state index contributed by atoms with van der Waals surface area (Å²) in [7, 11) is 0.514. The van der Waals surface area contributed by atoms with E-state index >= 15 is 0 Å². The van der Waals surface area contributed by atoms with Crippen LogP contribution in [0.2, 0.25) is 0 Å². The molecular formula is CCl4O2S. The second-order valence-electron chi connectivity index (χ2n) is 0.884. The lowest BCUT2D eigenvalue weighted by Gasteiger charge is -2.02. The van der Waals surface area contributed by atoms with Crippen molar-refractivity contribution in [2.24, 2.45) is 0 Å². The van der Waals surface area contributed by atoms with Gasteiger partial charge < -0.3 is 0 Å². The van der Waals surface area contributed by atoms with E-state index in [1.807, 2.05) is 0 Å². The average Bonchev–Trinajstić information content (AvgIpc) is 1.25. The highest BCUT2D eigenvalue weighted by Gasteiger charge is 2.35. The second-order valence-corrected chi connectivity index (χ2v) is 6.54. The van der Waals surface area contributed by atoms with Crippen molar-refractivity contribution < 1.29 is 8.42 Å². The largest absolute Gasteiger partial charge is 0.307 e. The highest BCUT2D eigenvalue weighted by molar-refractivity contribution is 8.17. The number of rotatable bonds is 0. The van der Waals surface area contributed by atoms with Crippen molar-refractivity contribution in [3.05, 3.63) is 0 Å². The molecule has 0 radical (unpaired) electrons. The number of hydrogen-bond donors (Lipinski definition) is 0. The van der Waals surface area contributed by atoms with Crippen molar-refractivity contribution in [1.82, 2.24) is 0 Å². The van der Waals surface area contributed by atoms with Gasteiger partial charge in [-0.15, -0.1) is 0 Å². The van der Waals surface area contributed by atoms with Gasteiger partial charge in [-0.1, -0.05) is 34.8 Å². The molecule has 0 amide bonds. The lowest BCUT2D eigenvalue weighted by Crippen LogP contribution is -2.11. The summed E-state index contributed by atoms with van der Waals surface area (Å²) in [6.07, 6.45) is 0. The molecule has 8 heavy (non-hydrogen) atoms. The molecule has 0 saturated carbocycles. The second kappa shape index (κ2) is 2.39. The summed E-state index contributed by atoms with van der Waals surface area (Å²) in [6.45, 7) is 0. The summed E-state index contributed by atoms with van der Waals surface area (Å²) < 4.78 is 17.6. The van der Waals surface area contributed by atoms with Crippen LogP contribution in [0.25, 0.3) is 0 Å². The van der Waals surface area contributed by atoms with E-state index in [0.717, 1.165) is 0 Å². The first-order chi connectivity index (χ1) is 3.25. The summed E-state index contributed by atoms with van der Waals surface area (Å²) in [5.74, 6) is 0. The molecule has 0 aromatic rings. The predicted octanol–water partition coefficient (Wildman–Crippen LogP) is 1.88. The number of hydrogen-bond acceptors (Lipinski definition) is 2. The average molecular weight is 218 g/mol. The molecule has 0 saturated heterocycles. The highest BCUT2D eigenvalue weighted by Crippen LogP contribution is 2.35. The Labute approximate surface area is 66.1 Å². The highest BCUT2D eigenvalue weighted by atomic mass is 35.7. The summed E-state index contributed by atoms with van der Waals surface area (Å²) in [5.41, 5.74) is 0. The molecule has 0 spiro atoms. The third kappa shape index (κ3) is 2.60. The van der Waals surface area contributed by atoms with E-state index in [1.54, 1.807) is 0 Å². The van der Waals surface area contributed by atoms with Crippen LogP contribution in [-0.2, 0) is 9.05 Å². The minimum absolute atomic E-state index is 2.41. The molecule has 0 aromatic carbocycles. The van der Waals surface area contributed by atoms with Gasteiger partial charge in [0.2, 0.25) is 0 Å². The molecular weight excluding hydrogens is 218 g/mol. The van der Waals surface area contributed by atoms with Crippen LogP contribution < -0.4 is 0 Å². The first-order valence-electron chi connectivity index (χ1n) is 1.26. The molecule has 50 valence electrons. The SMILES string of the molecule is O=S(=O)(Cl)C(Cl)(Cl)Cl. The van der Waals surface area contributed by atoms with Crippen LogP contribution >= 0.6 is 45.5 Å². The zero-order valence-electron chi connectivity index (χ0n) is 3.24. The fraction of sp³-hybridized carbons (Fsp3) is 1.00. The van der Waals surface area contributed by atoms with Crippen molar-refractivity contribution in [3.8, 4) is 0 Å². The number of halogens is 4. The van der Waals surface area contributed by atoms with Crippen molar-refractivity contribution in [2.75, 3.05) is 0 Å². The van der Waals surface area contributed by atoms with Gasteiger partial charge in [0, 0.05) is 10.7 Å². The first kappa shape index (κ1) is 9.11. The quantitative estimate of drug-likeness (QED) is 0.459. The molecule has 0 aromatic heterocycles. The Kier molecular flexibility index (Phi) is 2.72. The Morgan fingerprint density at radius 2 is 1.25 bits per heavy atom. The maximum Gasteiger partial charge on any atom is 0.307 e. The summed E-state index contributed by atoms with van der Waals surface area (Å²) >= 11 is 14.5. The Balaban J connectivity index is 4.53. The van der Waals surface area contributed by atoms with Crippen molar-refractivity contribution >= 4 is 54.5 Å². The minimum Gasteiger partial charge on any atom is -0.208 e. The number of alkyl halides is 3. The van der Waals surface area contributed by atoms with Gasteiger partial charge in [0.1, 0.15) is 0 Å². The van der Waals surface area contributed by atoms with Crippen LogP contribution in [0.1, 0.15) is 0 Å². The Hall–Kier alpha value is 1.11. The third-order valence-corrected chi connectivity index (χ3v) is 4.06. The summed E-state index contributed by atoms with van der Waals surface area (Å²) in [4.78, 5) is 0. The van der Waals surface area contributed by atoms with Crippen molar-refractivity contribution in [2.45, 2.75) is 3.12 Å². The molecule has 0 N–H and O–H groups in total. The normalized spacial score (nSPS) is 14.0. The molecule has 0 aliphatic rings. The fourth-order valence-electron chi connectivity index (χ4n) is 0. The van der Waals surface area contributed by atoms with E-state index in [4.69, 9.17) is 34.8 Å². The van der Waals surface area contributed by atoms with E-state index in [9.17, 15) is 8.42 Å². The van der Waals surface area contributed by atoms with Gasteiger partial charge in [0.15, 0.2) is 0 Å². The van der Waals surface area contributed by atoms with E-state index < -0.39 is 12.2 Å². The maximum absolute atomic E-state index is 10.0. The molecule has 0 bridgehead atoms. The predicted molar refractivity (Wildman–Crippen MR) is 35.1 cm³/mol. The fourth-order valence-corrected chi connectivity index (χ4v) is 0. The summed E-state index contributed by atoms with van der Waals surface area (Å²) in [6, 6.07) is 0. The molecule has 0 heterocycles. The Morgan fingerprint density at radius 1 is 1.12 bits per heavy atom. The molecule has 7 heteroatoms. The molecule has 0 fully saturated rings. The van der Waals surface area contributed by atoms with Crippen LogP contribution in [-0.4, -0.2) is 11.5 Å². The zero-order valence-corrected chi connectivity index (χ0v) is 7.08. The maximum atomic E-state index is 10.0. The van der Waals surface area contributed by atoms with Gasteiger partial charge in [-0.05, 0) is 0 Å². The van der Waals surface area contributed by atoms with Crippen LogP contribution in [0.3, 0.4) is 0 Å². The standard InChI is InChI=1S/CCl4O2S/c2-1(3,4)8(5,6)7. The molecule has 2 nitrogen and oxygen atoms in total. The van der Waals surface area contributed by atoms with Gasteiger partial charge in [0.05, 0.1) is 0 Å². The lowest BCUT2D eigenvalue weighted by atomic mass is 11.8. The molecule has 0 atom stereocenters. The third-order valence-electron chi connectivity index (χ3n) is 0.276. The minimum atomic E-state index is -4.07. The van der Waals surface area contributed by atoms with E-state index in [-0.39, 0.29) is 0 Å². The van der Waals surface area contributed by atoms with Crippen LogP contribution in [0.5, 0.6) is 0 Å². The van der Waals surface area contributed by atoms with Crippen molar-refractivity contribution in [3.63, 3.8) is 0 Å². The zero-order chi connectivity index (χ0) is 7.00. The van der Waals surface area contributed by atoms with Crippen LogP contribution in [0.4, 0.5) is 0 Å². The van der Waals surface area contributed by atoms with E-state index in [0.29, 0.717) is 0 Å². The smallest absolute Gasteiger partial charge is 0.208 e. The molecule has 0 rings (SSSR count). The van der Waals surface area contributed by atoms with Crippen LogP contribution in [0, 0.1) is 0 Å². The van der Waals surface area contributed by atoms with Gasteiger partial charge in [-0.2, -0.15) is 0 Å². The summed E-state index contributed by atoms with van der Waals surface area (Å²) in [5, 5.41) is 0. The Morgan fingerprint density at radius 3 is 1.25 bits per heavy atom. The topological polar surface area (TPSA) is 34.1 Å².